The largest absolute Gasteiger partial charge is 0.462 e. The second kappa shape index (κ2) is 9.51. The molecule has 1 aliphatic carbocycles. The van der Waals surface area contributed by atoms with Crippen LogP contribution >= 0.6 is 0 Å². The highest BCUT2D eigenvalue weighted by molar-refractivity contribution is 5.92. The Labute approximate surface area is 182 Å². The van der Waals surface area contributed by atoms with Gasteiger partial charge in [-0.2, -0.15) is 0 Å². The van der Waals surface area contributed by atoms with Gasteiger partial charge in [0.15, 0.2) is 0 Å². The molecule has 1 heterocycles. The van der Waals surface area contributed by atoms with E-state index in [-0.39, 0.29) is 18.0 Å². The van der Waals surface area contributed by atoms with Crippen molar-refractivity contribution in [2.75, 3.05) is 11.9 Å². The molecule has 31 heavy (non-hydrogen) atoms. The smallest absolute Gasteiger partial charge is 0.338 e. The van der Waals surface area contributed by atoms with E-state index >= 15 is 0 Å². The van der Waals surface area contributed by atoms with Crippen molar-refractivity contribution in [1.29, 1.82) is 0 Å². The Morgan fingerprint density at radius 2 is 1.77 bits per heavy atom. The molecule has 6 nitrogen and oxygen atoms in total. The zero-order valence-electron chi connectivity index (χ0n) is 17.7. The van der Waals surface area contributed by atoms with Crippen molar-refractivity contribution in [2.24, 2.45) is 0 Å². The number of amides is 2. The third-order valence-corrected chi connectivity index (χ3v) is 5.35. The van der Waals surface area contributed by atoms with E-state index < -0.39 is 0 Å². The zero-order chi connectivity index (χ0) is 21.6. The van der Waals surface area contributed by atoms with Gasteiger partial charge in [0.1, 0.15) is 0 Å². The second-order valence-corrected chi connectivity index (χ2v) is 7.70. The van der Waals surface area contributed by atoms with Crippen molar-refractivity contribution in [3.63, 3.8) is 0 Å². The molecule has 6 heteroatoms. The van der Waals surface area contributed by atoms with E-state index in [1.807, 2.05) is 29.2 Å². The summed E-state index contributed by atoms with van der Waals surface area (Å²) in [5.41, 5.74) is 3.45. The Morgan fingerprint density at radius 1 is 1.03 bits per heavy atom. The summed E-state index contributed by atoms with van der Waals surface area (Å²) in [6.07, 6.45) is 4.10. The van der Waals surface area contributed by atoms with E-state index in [1.54, 1.807) is 31.2 Å². The molecule has 1 aliphatic rings. The van der Waals surface area contributed by atoms with Crippen LogP contribution in [0.25, 0.3) is 0 Å². The molecular formula is C25H27N3O3. The maximum absolute atomic E-state index is 13.0. The molecule has 0 spiro atoms. The van der Waals surface area contributed by atoms with Crippen molar-refractivity contribution in [3.05, 3.63) is 89.7 Å². The Hall–Kier alpha value is -3.54. The number of nitrogens with zero attached hydrogens (tertiary/aromatic N) is 2. The number of hydrogen-bond acceptors (Lipinski definition) is 3. The maximum Gasteiger partial charge on any atom is 0.338 e. The Morgan fingerprint density at radius 3 is 2.45 bits per heavy atom. The van der Waals surface area contributed by atoms with Gasteiger partial charge in [0.2, 0.25) is 0 Å². The van der Waals surface area contributed by atoms with Crippen LogP contribution in [-0.2, 0) is 17.8 Å². The lowest BCUT2D eigenvalue weighted by Crippen LogP contribution is -2.36. The molecule has 4 rings (SSSR count). The fraction of sp³-hybridized carbons (Fsp3) is 0.280. The first-order chi connectivity index (χ1) is 15.1. The van der Waals surface area contributed by atoms with Gasteiger partial charge in [0.25, 0.3) is 0 Å². The number of nitrogens with one attached hydrogen (secondary N) is 1. The molecule has 1 aromatic heterocycles. The summed E-state index contributed by atoms with van der Waals surface area (Å²) in [5, 5.41) is 2.97. The van der Waals surface area contributed by atoms with E-state index in [9.17, 15) is 9.59 Å². The molecule has 0 radical (unpaired) electrons. The van der Waals surface area contributed by atoms with Gasteiger partial charge in [0, 0.05) is 30.2 Å². The van der Waals surface area contributed by atoms with Crippen molar-refractivity contribution in [3.8, 4) is 0 Å². The standard InChI is InChI=1S/C25H27N3O3/c1-2-31-24(29)20-10-12-21(13-11-20)26-25(30)28(22-14-15-22)18-23-9-6-16-27(23)17-19-7-4-3-5-8-19/h3-13,16,22H,2,14-15,17-18H2,1H3,(H,26,30). The molecule has 1 fully saturated rings. The number of carbonyl (C=O) groups excluding carboxylic acids is 2. The summed E-state index contributed by atoms with van der Waals surface area (Å²) >= 11 is 0. The topological polar surface area (TPSA) is 63.6 Å². The van der Waals surface area contributed by atoms with Crippen molar-refractivity contribution < 1.29 is 14.3 Å². The van der Waals surface area contributed by atoms with E-state index in [0.29, 0.717) is 24.4 Å². The number of urea groups is 1. The first-order valence-electron chi connectivity index (χ1n) is 10.7. The highest BCUT2D eigenvalue weighted by Gasteiger charge is 2.33. The number of aromatic nitrogens is 1. The van der Waals surface area contributed by atoms with Crippen LogP contribution in [0.4, 0.5) is 10.5 Å². The number of hydrogen-bond donors (Lipinski definition) is 1. The third kappa shape index (κ3) is 5.34. The molecule has 1 N–H and O–H groups in total. The lowest BCUT2D eigenvalue weighted by atomic mass is 10.2. The van der Waals surface area contributed by atoms with Gasteiger partial charge in [-0.1, -0.05) is 30.3 Å². The van der Waals surface area contributed by atoms with Crippen molar-refractivity contribution in [1.82, 2.24) is 9.47 Å². The summed E-state index contributed by atoms with van der Waals surface area (Å²) in [5.74, 6) is -0.362. The summed E-state index contributed by atoms with van der Waals surface area (Å²) in [6.45, 7) is 3.44. The molecule has 2 amide bonds. The first kappa shape index (κ1) is 20.7. The SMILES string of the molecule is CCOC(=O)c1ccc(NC(=O)N(Cc2cccn2Cc2ccccc2)C2CC2)cc1. The molecule has 0 bridgehead atoms. The van der Waals surface area contributed by atoms with Crippen molar-refractivity contribution in [2.45, 2.75) is 38.9 Å². The number of benzene rings is 2. The van der Waals surface area contributed by atoms with E-state index in [0.717, 1.165) is 25.1 Å². The molecule has 0 aliphatic heterocycles. The van der Waals surface area contributed by atoms with E-state index in [1.165, 1.54) is 5.56 Å². The van der Waals surface area contributed by atoms with Crippen molar-refractivity contribution >= 4 is 17.7 Å². The predicted molar refractivity (Wildman–Crippen MR) is 120 cm³/mol. The number of esters is 1. The highest BCUT2D eigenvalue weighted by atomic mass is 16.5. The molecule has 2 aromatic carbocycles. The molecule has 1 saturated carbocycles. The molecule has 0 unspecified atom stereocenters. The van der Waals surface area contributed by atoms with E-state index in [4.69, 9.17) is 4.74 Å². The number of anilines is 1. The average molecular weight is 418 g/mol. The van der Waals surface area contributed by atoms with Crippen LogP contribution in [0.15, 0.2) is 72.9 Å². The van der Waals surface area contributed by atoms with Crippen LogP contribution < -0.4 is 5.32 Å². The second-order valence-electron chi connectivity index (χ2n) is 7.70. The van der Waals surface area contributed by atoms with Crippen LogP contribution in [0.1, 0.15) is 41.4 Å². The van der Waals surface area contributed by atoms with E-state index in [2.05, 4.69) is 34.3 Å². The molecule has 0 saturated heterocycles. The number of ether oxygens (including phenoxy) is 1. The maximum atomic E-state index is 13.0. The Balaban J connectivity index is 1.42. The normalized spacial score (nSPS) is 12.9. The number of carbonyl (C=O) groups is 2. The minimum atomic E-state index is -0.362. The van der Waals surface area contributed by atoms with Crippen LogP contribution in [0.3, 0.4) is 0 Å². The fourth-order valence-electron chi connectivity index (χ4n) is 3.55. The van der Waals surface area contributed by atoms with Crippen LogP contribution in [0, 0.1) is 0 Å². The monoisotopic (exact) mass is 417 g/mol. The minimum Gasteiger partial charge on any atom is -0.462 e. The predicted octanol–water partition coefficient (Wildman–Crippen LogP) is 4.91. The molecular weight excluding hydrogens is 390 g/mol. The van der Waals surface area contributed by atoms with Crippen LogP contribution in [-0.4, -0.2) is 34.1 Å². The van der Waals surface area contributed by atoms with Gasteiger partial charge in [-0.25, -0.2) is 9.59 Å². The van der Waals surface area contributed by atoms with Gasteiger partial charge in [-0.15, -0.1) is 0 Å². The summed E-state index contributed by atoms with van der Waals surface area (Å²) in [7, 11) is 0. The van der Waals surface area contributed by atoms with Gasteiger partial charge in [-0.3, -0.25) is 0 Å². The first-order valence-corrected chi connectivity index (χ1v) is 10.7. The van der Waals surface area contributed by atoms with Gasteiger partial charge < -0.3 is 19.5 Å². The average Bonchev–Trinajstić information content (AvgIpc) is 3.53. The fourth-order valence-corrected chi connectivity index (χ4v) is 3.55. The van der Waals surface area contributed by atoms with Gasteiger partial charge in [-0.05, 0) is 61.7 Å². The third-order valence-electron chi connectivity index (χ3n) is 5.35. The van der Waals surface area contributed by atoms with Gasteiger partial charge in [0.05, 0.1) is 18.7 Å². The zero-order valence-corrected chi connectivity index (χ0v) is 17.7. The Kier molecular flexibility index (Phi) is 6.36. The van der Waals surface area contributed by atoms with Crippen LogP contribution in [0.2, 0.25) is 0 Å². The Bertz CT molecular complexity index is 1020. The van der Waals surface area contributed by atoms with Crippen LogP contribution in [0.5, 0.6) is 0 Å². The summed E-state index contributed by atoms with van der Waals surface area (Å²) < 4.78 is 7.19. The van der Waals surface area contributed by atoms with Gasteiger partial charge >= 0.3 is 12.0 Å². The molecule has 0 atom stereocenters. The quantitative estimate of drug-likeness (QED) is 0.530. The molecule has 160 valence electrons. The lowest BCUT2D eigenvalue weighted by Gasteiger charge is -2.24. The summed E-state index contributed by atoms with van der Waals surface area (Å²) in [6, 6.07) is 21.3. The number of rotatable bonds is 8. The lowest BCUT2D eigenvalue weighted by molar-refractivity contribution is 0.0526. The molecule has 3 aromatic rings. The summed E-state index contributed by atoms with van der Waals surface area (Å²) in [4.78, 5) is 26.7. The highest BCUT2D eigenvalue weighted by Crippen LogP contribution is 2.29. The minimum absolute atomic E-state index is 0.126.